The summed E-state index contributed by atoms with van der Waals surface area (Å²) in [5.74, 6) is 0.313. The predicted molar refractivity (Wildman–Crippen MR) is 103 cm³/mol. The van der Waals surface area contributed by atoms with Gasteiger partial charge in [-0.15, -0.1) is 0 Å². The number of methoxy groups -OCH3 is 1. The summed E-state index contributed by atoms with van der Waals surface area (Å²) in [7, 11) is 3.21. The molecule has 2 aromatic carbocycles. The van der Waals surface area contributed by atoms with Crippen LogP contribution in [0.2, 0.25) is 0 Å². The van der Waals surface area contributed by atoms with Crippen molar-refractivity contribution in [2.75, 3.05) is 25.7 Å². The van der Waals surface area contributed by atoms with Crippen molar-refractivity contribution in [2.24, 2.45) is 0 Å². The van der Waals surface area contributed by atoms with Crippen molar-refractivity contribution in [3.8, 4) is 0 Å². The normalized spacial score (nSPS) is 10.7. The van der Waals surface area contributed by atoms with Crippen LogP contribution in [0.3, 0.4) is 0 Å². The Morgan fingerprint density at radius 1 is 1.11 bits per heavy atom. The average Bonchev–Trinajstić information content (AvgIpc) is 3.04. The SMILES string of the molecule is COCC(=O)NCc1nc2ccccc2n1CC(=O)N(C)c1ccccc1. The lowest BCUT2D eigenvalue weighted by Crippen LogP contribution is -2.32. The number of fused-ring (bicyclic) bond motifs is 1. The van der Waals surface area contributed by atoms with Crippen LogP contribution < -0.4 is 10.2 Å². The fraction of sp³-hybridized carbons (Fsp3) is 0.250. The number of rotatable bonds is 7. The zero-order valence-electron chi connectivity index (χ0n) is 15.4. The fourth-order valence-electron chi connectivity index (χ4n) is 2.83. The van der Waals surface area contributed by atoms with Crippen molar-refractivity contribution < 1.29 is 14.3 Å². The van der Waals surface area contributed by atoms with Gasteiger partial charge in [0.05, 0.1) is 17.6 Å². The maximum absolute atomic E-state index is 12.8. The number of nitrogens with one attached hydrogen (secondary N) is 1. The Hall–Kier alpha value is -3.19. The number of benzene rings is 2. The Morgan fingerprint density at radius 3 is 2.56 bits per heavy atom. The molecule has 140 valence electrons. The molecule has 0 aliphatic heterocycles. The largest absolute Gasteiger partial charge is 0.375 e. The summed E-state index contributed by atoms with van der Waals surface area (Å²) < 4.78 is 6.66. The number of nitrogens with zero attached hydrogens (tertiary/aromatic N) is 3. The van der Waals surface area contributed by atoms with Gasteiger partial charge in [0, 0.05) is 19.8 Å². The van der Waals surface area contributed by atoms with Gasteiger partial charge in [-0.1, -0.05) is 30.3 Å². The Labute approximate surface area is 157 Å². The van der Waals surface area contributed by atoms with E-state index < -0.39 is 0 Å². The van der Waals surface area contributed by atoms with Crippen LogP contribution in [0.1, 0.15) is 5.82 Å². The van der Waals surface area contributed by atoms with Gasteiger partial charge < -0.3 is 19.5 Å². The van der Waals surface area contributed by atoms with Gasteiger partial charge in [0.25, 0.3) is 0 Å². The standard InChI is InChI=1S/C20H22N4O3/c1-23(15-8-4-3-5-9-15)20(26)13-24-17-11-7-6-10-16(17)22-18(24)12-21-19(25)14-27-2/h3-11H,12-14H2,1-2H3,(H,21,25). The van der Waals surface area contributed by atoms with E-state index in [0.29, 0.717) is 5.82 Å². The molecule has 0 saturated heterocycles. The van der Waals surface area contributed by atoms with Gasteiger partial charge in [-0.2, -0.15) is 0 Å². The number of ether oxygens (including phenoxy) is 1. The first-order chi connectivity index (χ1) is 13.1. The summed E-state index contributed by atoms with van der Waals surface area (Å²) in [6.07, 6.45) is 0. The van der Waals surface area contributed by atoms with E-state index in [2.05, 4.69) is 10.3 Å². The molecule has 3 aromatic rings. The molecule has 3 rings (SSSR count). The first-order valence-corrected chi connectivity index (χ1v) is 8.61. The second kappa shape index (κ2) is 8.46. The number of carbonyl (C=O) groups is 2. The van der Waals surface area contributed by atoms with Crippen LogP contribution in [0.5, 0.6) is 0 Å². The molecular formula is C20H22N4O3. The number of hydrogen-bond acceptors (Lipinski definition) is 4. The van der Waals surface area contributed by atoms with Crippen molar-refractivity contribution in [3.05, 3.63) is 60.4 Å². The molecular weight excluding hydrogens is 344 g/mol. The average molecular weight is 366 g/mol. The van der Waals surface area contributed by atoms with Crippen LogP contribution in [-0.4, -0.2) is 42.1 Å². The molecule has 0 unspecified atom stereocenters. The van der Waals surface area contributed by atoms with Crippen LogP contribution in [0.25, 0.3) is 11.0 Å². The van der Waals surface area contributed by atoms with E-state index >= 15 is 0 Å². The first kappa shape index (κ1) is 18.6. The zero-order valence-corrected chi connectivity index (χ0v) is 15.4. The molecule has 0 spiro atoms. The molecule has 0 aliphatic carbocycles. The van der Waals surface area contributed by atoms with Crippen molar-refractivity contribution in [3.63, 3.8) is 0 Å². The van der Waals surface area contributed by atoms with Gasteiger partial charge in [0.2, 0.25) is 11.8 Å². The van der Waals surface area contributed by atoms with Crippen molar-refractivity contribution >= 4 is 28.5 Å². The van der Waals surface area contributed by atoms with E-state index in [1.54, 1.807) is 11.9 Å². The second-order valence-electron chi connectivity index (χ2n) is 6.10. The summed E-state index contributed by atoms with van der Waals surface area (Å²) >= 11 is 0. The number of carbonyl (C=O) groups excluding carboxylic acids is 2. The number of amides is 2. The third-order valence-electron chi connectivity index (χ3n) is 4.26. The summed E-state index contributed by atoms with van der Waals surface area (Å²) in [6, 6.07) is 17.1. The molecule has 0 saturated carbocycles. The van der Waals surface area contributed by atoms with E-state index in [4.69, 9.17) is 4.74 Å². The lowest BCUT2D eigenvalue weighted by atomic mass is 10.3. The van der Waals surface area contributed by atoms with E-state index in [9.17, 15) is 9.59 Å². The topological polar surface area (TPSA) is 76.5 Å². The molecule has 2 amide bonds. The highest BCUT2D eigenvalue weighted by Crippen LogP contribution is 2.18. The predicted octanol–water partition coefficient (Wildman–Crippen LogP) is 1.96. The van der Waals surface area contributed by atoms with Gasteiger partial charge in [-0.3, -0.25) is 9.59 Å². The molecule has 0 aliphatic rings. The van der Waals surface area contributed by atoms with Gasteiger partial charge in [0.15, 0.2) is 0 Å². The Bertz CT molecular complexity index is 937. The molecule has 1 heterocycles. The van der Waals surface area contributed by atoms with Crippen LogP contribution in [-0.2, 0) is 27.4 Å². The van der Waals surface area contributed by atoms with E-state index in [1.165, 1.54) is 7.11 Å². The molecule has 0 bridgehead atoms. The Balaban J connectivity index is 1.84. The van der Waals surface area contributed by atoms with Crippen LogP contribution in [0.4, 0.5) is 5.69 Å². The number of aromatic nitrogens is 2. The minimum atomic E-state index is -0.233. The quantitative estimate of drug-likeness (QED) is 0.694. The Kier molecular flexibility index (Phi) is 5.83. The third-order valence-corrected chi connectivity index (χ3v) is 4.26. The number of para-hydroxylation sites is 3. The van der Waals surface area contributed by atoms with Crippen molar-refractivity contribution in [1.29, 1.82) is 0 Å². The summed E-state index contributed by atoms with van der Waals surface area (Å²) in [6.45, 7) is 0.330. The zero-order chi connectivity index (χ0) is 19.2. The van der Waals surface area contributed by atoms with Crippen molar-refractivity contribution in [2.45, 2.75) is 13.1 Å². The van der Waals surface area contributed by atoms with E-state index in [0.717, 1.165) is 16.7 Å². The molecule has 0 fully saturated rings. The maximum atomic E-state index is 12.8. The van der Waals surface area contributed by atoms with Gasteiger partial charge in [0.1, 0.15) is 19.0 Å². The lowest BCUT2D eigenvalue weighted by molar-refractivity contribution is -0.124. The van der Waals surface area contributed by atoms with E-state index in [-0.39, 0.29) is 31.5 Å². The Morgan fingerprint density at radius 2 is 1.81 bits per heavy atom. The molecule has 7 heteroatoms. The minimum absolute atomic E-state index is 0.0180. The van der Waals surface area contributed by atoms with Gasteiger partial charge >= 0.3 is 0 Å². The number of likely N-dealkylation sites (N-methyl/N-ethyl adjacent to an activating group) is 1. The smallest absolute Gasteiger partial charge is 0.246 e. The minimum Gasteiger partial charge on any atom is -0.375 e. The van der Waals surface area contributed by atoms with Crippen LogP contribution in [0, 0.1) is 0 Å². The molecule has 27 heavy (non-hydrogen) atoms. The molecule has 1 aromatic heterocycles. The summed E-state index contributed by atoms with van der Waals surface area (Å²) in [4.78, 5) is 30.7. The number of anilines is 1. The maximum Gasteiger partial charge on any atom is 0.246 e. The fourth-order valence-corrected chi connectivity index (χ4v) is 2.83. The molecule has 1 N–H and O–H groups in total. The highest BCUT2D eigenvalue weighted by molar-refractivity contribution is 5.93. The van der Waals surface area contributed by atoms with Crippen LogP contribution >= 0.6 is 0 Å². The highest BCUT2D eigenvalue weighted by atomic mass is 16.5. The molecule has 0 atom stereocenters. The third kappa shape index (κ3) is 4.32. The lowest BCUT2D eigenvalue weighted by Gasteiger charge is -2.18. The molecule has 7 nitrogen and oxygen atoms in total. The number of imidazole rings is 1. The summed E-state index contributed by atoms with van der Waals surface area (Å²) in [5.41, 5.74) is 2.45. The monoisotopic (exact) mass is 366 g/mol. The van der Waals surface area contributed by atoms with E-state index in [1.807, 2.05) is 59.2 Å². The second-order valence-corrected chi connectivity index (χ2v) is 6.10. The van der Waals surface area contributed by atoms with Gasteiger partial charge in [-0.05, 0) is 24.3 Å². The summed E-state index contributed by atoms with van der Waals surface area (Å²) in [5, 5.41) is 2.76. The first-order valence-electron chi connectivity index (χ1n) is 8.61. The highest BCUT2D eigenvalue weighted by Gasteiger charge is 2.17. The number of hydrogen-bond donors (Lipinski definition) is 1. The molecule has 0 radical (unpaired) electrons. The van der Waals surface area contributed by atoms with Crippen LogP contribution in [0.15, 0.2) is 54.6 Å². The van der Waals surface area contributed by atoms with Crippen molar-refractivity contribution in [1.82, 2.24) is 14.9 Å². The van der Waals surface area contributed by atoms with Gasteiger partial charge in [-0.25, -0.2) is 4.98 Å².